The largest absolute Gasteiger partial charge is 0.494 e. The summed E-state index contributed by atoms with van der Waals surface area (Å²) in [6.07, 6.45) is 1.48. The van der Waals surface area contributed by atoms with E-state index < -0.39 is 22.9 Å². The average molecular weight is 484 g/mol. The van der Waals surface area contributed by atoms with Crippen LogP contribution in [0.25, 0.3) is 27.5 Å². The first-order valence-corrected chi connectivity index (χ1v) is 11.4. The Kier molecular flexibility index (Phi) is 5.36. The third-order valence-electron chi connectivity index (χ3n) is 7.04. The SMILES string of the molecule is COCC(C)(C)c1c(C2CC(F)(C(=O)O)C2)c2cc3[nH]ncc3cc2n1-c1ccc(F)c(OC)c1. The van der Waals surface area contributed by atoms with Gasteiger partial charge in [-0.2, -0.15) is 5.10 Å². The van der Waals surface area contributed by atoms with Gasteiger partial charge in [0.1, 0.15) is 0 Å². The number of hydrogen-bond acceptors (Lipinski definition) is 4. The third-order valence-corrected chi connectivity index (χ3v) is 7.04. The van der Waals surface area contributed by atoms with Gasteiger partial charge in [0, 0.05) is 40.7 Å². The van der Waals surface area contributed by atoms with Crippen LogP contribution in [0.15, 0.2) is 36.5 Å². The number of alkyl halides is 1. The number of nitrogens with zero attached hydrogens (tertiary/aromatic N) is 2. The normalized spacial score (nSPS) is 20.3. The summed E-state index contributed by atoms with van der Waals surface area (Å²) in [5.41, 5.74) is 1.25. The molecule has 0 atom stereocenters. The number of carboxylic acid groups (broad SMARTS) is 1. The van der Waals surface area contributed by atoms with E-state index in [1.54, 1.807) is 25.4 Å². The molecule has 2 aromatic carbocycles. The predicted octanol–water partition coefficient (Wildman–Crippen LogP) is 5.25. The Balaban J connectivity index is 1.86. The second-order valence-corrected chi connectivity index (χ2v) is 9.94. The van der Waals surface area contributed by atoms with Crippen molar-refractivity contribution in [2.24, 2.45) is 0 Å². The highest BCUT2D eigenvalue weighted by Gasteiger charge is 2.53. The van der Waals surface area contributed by atoms with Gasteiger partial charge in [-0.25, -0.2) is 13.6 Å². The van der Waals surface area contributed by atoms with Gasteiger partial charge in [0.25, 0.3) is 0 Å². The Hall–Kier alpha value is -3.46. The first-order valence-electron chi connectivity index (χ1n) is 11.4. The summed E-state index contributed by atoms with van der Waals surface area (Å²) >= 11 is 0. The molecule has 1 aliphatic rings. The minimum Gasteiger partial charge on any atom is -0.494 e. The van der Waals surface area contributed by atoms with Crippen molar-refractivity contribution in [3.05, 3.63) is 53.6 Å². The molecule has 9 heteroatoms. The van der Waals surface area contributed by atoms with Crippen LogP contribution in [0.1, 0.15) is 43.9 Å². The van der Waals surface area contributed by atoms with Gasteiger partial charge in [0.05, 0.1) is 30.9 Å². The fourth-order valence-corrected chi connectivity index (χ4v) is 5.41. The Labute approximate surface area is 200 Å². The number of benzene rings is 2. The molecule has 2 N–H and O–H groups in total. The second kappa shape index (κ2) is 8.05. The summed E-state index contributed by atoms with van der Waals surface area (Å²) in [7, 11) is 3.03. The molecule has 1 aliphatic carbocycles. The number of methoxy groups -OCH3 is 2. The summed E-state index contributed by atoms with van der Waals surface area (Å²) in [6, 6.07) is 8.60. The number of H-pyrrole nitrogens is 1. The van der Waals surface area contributed by atoms with E-state index in [0.717, 1.165) is 33.1 Å². The standard InChI is InChI=1S/C26H27F2N3O4/c1-25(2,13-34-3)23-22(15-10-26(28,11-15)24(32)33)17-9-19-14(12-29-30-19)7-20(17)31(23)16-5-6-18(27)21(8-16)35-4/h5-9,12,15H,10-11,13H2,1-4H3,(H,29,30)(H,32,33). The van der Waals surface area contributed by atoms with E-state index in [-0.39, 0.29) is 24.5 Å². The van der Waals surface area contributed by atoms with Crippen molar-refractivity contribution < 1.29 is 28.2 Å². The molecule has 0 spiro atoms. The predicted molar refractivity (Wildman–Crippen MR) is 128 cm³/mol. The monoisotopic (exact) mass is 483 g/mol. The molecule has 0 amide bonds. The molecule has 5 rings (SSSR count). The molecule has 1 saturated carbocycles. The van der Waals surface area contributed by atoms with Crippen molar-refractivity contribution in [1.82, 2.24) is 14.8 Å². The minimum absolute atomic E-state index is 0.100. The van der Waals surface area contributed by atoms with E-state index >= 15 is 0 Å². The topological polar surface area (TPSA) is 89.4 Å². The lowest BCUT2D eigenvalue weighted by Gasteiger charge is -2.40. The summed E-state index contributed by atoms with van der Waals surface area (Å²) in [4.78, 5) is 11.5. The number of nitrogens with one attached hydrogen (secondary N) is 1. The van der Waals surface area contributed by atoms with Crippen molar-refractivity contribution >= 4 is 27.8 Å². The Morgan fingerprint density at radius 3 is 2.69 bits per heavy atom. The molecule has 0 bridgehead atoms. The van der Waals surface area contributed by atoms with E-state index in [4.69, 9.17) is 9.47 Å². The number of fused-ring (bicyclic) bond motifs is 2. The lowest BCUT2D eigenvalue weighted by atomic mass is 9.67. The lowest BCUT2D eigenvalue weighted by Crippen LogP contribution is -2.46. The van der Waals surface area contributed by atoms with Crippen molar-refractivity contribution in [2.75, 3.05) is 20.8 Å². The molecule has 1 fully saturated rings. The highest BCUT2D eigenvalue weighted by molar-refractivity contribution is 5.99. The van der Waals surface area contributed by atoms with E-state index in [1.807, 2.05) is 30.5 Å². The van der Waals surface area contributed by atoms with Crippen LogP contribution < -0.4 is 4.74 Å². The highest BCUT2D eigenvalue weighted by atomic mass is 19.1. The van der Waals surface area contributed by atoms with E-state index in [1.165, 1.54) is 13.2 Å². The number of rotatable bonds is 7. The zero-order chi connectivity index (χ0) is 25.1. The molecule has 4 aromatic rings. The quantitative estimate of drug-likeness (QED) is 0.375. The molecule has 2 aromatic heterocycles. The maximum absolute atomic E-state index is 14.9. The van der Waals surface area contributed by atoms with Gasteiger partial charge in [-0.05, 0) is 48.6 Å². The van der Waals surface area contributed by atoms with Crippen molar-refractivity contribution in [2.45, 2.75) is 43.7 Å². The minimum atomic E-state index is -2.25. The van der Waals surface area contributed by atoms with Gasteiger partial charge in [0.15, 0.2) is 11.6 Å². The fourth-order valence-electron chi connectivity index (χ4n) is 5.41. The summed E-state index contributed by atoms with van der Waals surface area (Å²) in [5.74, 6) is -2.13. The summed E-state index contributed by atoms with van der Waals surface area (Å²) in [5, 5.41) is 18.3. The number of aromatic amines is 1. The smallest absolute Gasteiger partial charge is 0.341 e. The maximum atomic E-state index is 14.9. The zero-order valence-corrected chi connectivity index (χ0v) is 20.0. The Morgan fingerprint density at radius 1 is 1.29 bits per heavy atom. The number of ether oxygens (including phenoxy) is 2. The number of aromatic nitrogens is 3. The van der Waals surface area contributed by atoms with Crippen LogP contribution in [0.2, 0.25) is 0 Å². The Morgan fingerprint density at radius 2 is 2.03 bits per heavy atom. The van der Waals surface area contributed by atoms with Crippen molar-refractivity contribution in [1.29, 1.82) is 0 Å². The zero-order valence-electron chi connectivity index (χ0n) is 20.0. The van der Waals surface area contributed by atoms with Crippen LogP contribution in [0.5, 0.6) is 5.75 Å². The van der Waals surface area contributed by atoms with Gasteiger partial charge >= 0.3 is 5.97 Å². The number of halogens is 2. The molecule has 0 radical (unpaired) electrons. The maximum Gasteiger partial charge on any atom is 0.341 e. The number of aliphatic carboxylic acids is 1. The van der Waals surface area contributed by atoms with E-state index in [2.05, 4.69) is 10.2 Å². The van der Waals surface area contributed by atoms with Crippen LogP contribution in [-0.2, 0) is 14.9 Å². The molecular weight excluding hydrogens is 456 g/mol. The molecule has 184 valence electrons. The molecule has 0 saturated heterocycles. The molecule has 35 heavy (non-hydrogen) atoms. The first kappa shape index (κ1) is 23.3. The van der Waals surface area contributed by atoms with Crippen LogP contribution in [0.4, 0.5) is 8.78 Å². The number of carboxylic acids is 1. The van der Waals surface area contributed by atoms with Gasteiger partial charge in [-0.1, -0.05) is 13.8 Å². The summed E-state index contributed by atoms with van der Waals surface area (Å²) in [6.45, 7) is 4.41. The molecule has 2 heterocycles. The summed E-state index contributed by atoms with van der Waals surface area (Å²) < 4.78 is 42.1. The molecule has 7 nitrogen and oxygen atoms in total. The van der Waals surface area contributed by atoms with E-state index in [9.17, 15) is 18.7 Å². The van der Waals surface area contributed by atoms with Crippen LogP contribution in [0.3, 0.4) is 0 Å². The Bertz CT molecular complexity index is 1450. The van der Waals surface area contributed by atoms with Crippen LogP contribution in [0, 0.1) is 5.82 Å². The molecule has 0 unspecified atom stereocenters. The number of carbonyl (C=O) groups is 1. The van der Waals surface area contributed by atoms with Crippen molar-refractivity contribution in [3.63, 3.8) is 0 Å². The average Bonchev–Trinajstić information content (AvgIpc) is 3.37. The molecular formula is C26H27F2N3O4. The molecule has 0 aliphatic heterocycles. The van der Waals surface area contributed by atoms with Crippen molar-refractivity contribution in [3.8, 4) is 11.4 Å². The highest BCUT2D eigenvalue weighted by Crippen LogP contribution is 2.53. The number of hydrogen-bond donors (Lipinski definition) is 2. The van der Waals surface area contributed by atoms with Gasteiger partial charge in [-0.15, -0.1) is 0 Å². The fraction of sp³-hybridized carbons (Fsp3) is 0.385. The third kappa shape index (κ3) is 3.56. The van der Waals surface area contributed by atoms with Gasteiger partial charge < -0.3 is 19.1 Å². The first-order chi connectivity index (χ1) is 16.6. The van der Waals surface area contributed by atoms with Gasteiger partial charge in [-0.3, -0.25) is 5.10 Å². The second-order valence-electron chi connectivity index (χ2n) is 9.94. The lowest BCUT2D eigenvalue weighted by molar-refractivity contribution is -0.158. The van der Waals surface area contributed by atoms with Gasteiger partial charge in [0.2, 0.25) is 5.67 Å². The van der Waals surface area contributed by atoms with Crippen LogP contribution >= 0.6 is 0 Å². The van der Waals surface area contributed by atoms with Crippen LogP contribution in [-0.4, -0.2) is 52.3 Å². The van der Waals surface area contributed by atoms with E-state index in [0.29, 0.717) is 12.3 Å².